The number of anilines is 1. The van der Waals surface area contributed by atoms with Crippen LogP contribution in [0.4, 0.5) is 14.6 Å². The first-order valence-electron chi connectivity index (χ1n) is 13.6. The summed E-state index contributed by atoms with van der Waals surface area (Å²) < 4.78 is 54.6. The number of carbonyl (C=O) groups is 1. The van der Waals surface area contributed by atoms with Crippen LogP contribution in [-0.4, -0.2) is 72.3 Å². The number of nitrogens with two attached hydrogens (primary N) is 1. The van der Waals surface area contributed by atoms with E-state index in [1.165, 1.54) is 23.1 Å². The Morgan fingerprint density at radius 2 is 1.79 bits per heavy atom. The lowest BCUT2D eigenvalue weighted by Crippen LogP contribution is -2.46. The normalized spacial score (nSPS) is 20.2. The van der Waals surface area contributed by atoms with E-state index in [2.05, 4.69) is 25.3 Å². The highest BCUT2D eigenvalue weighted by molar-refractivity contribution is 7.91. The van der Waals surface area contributed by atoms with Gasteiger partial charge >= 0.3 is 0 Å². The van der Waals surface area contributed by atoms with Gasteiger partial charge in [-0.1, -0.05) is 6.07 Å². The Hall–Kier alpha value is -4.79. The first kappa shape index (κ1) is 27.1. The number of piperidine rings is 1. The highest BCUT2D eigenvalue weighted by Gasteiger charge is 2.46. The van der Waals surface area contributed by atoms with E-state index in [9.17, 15) is 22.0 Å². The summed E-state index contributed by atoms with van der Waals surface area (Å²) in [5.41, 5.74) is 9.22. The van der Waals surface area contributed by atoms with Crippen LogP contribution in [0.15, 0.2) is 53.9 Å². The van der Waals surface area contributed by atoms with E-state index in [1.54, 1.807) is 18.3 Å². The number of hydrogen-bond acceptors (Lipinski definition) is 9. The average Bonchev–Trinajstić information content (AvgIpc) is 3.72. The van der Waals surface area contributed by atoms with E-state index < -0.39 is 21.5 Å². The number of aromatic nitrogens is 7. The number of nitrogens with one attached hydrogen (secondary N) is 1. The quantitative estimate of drug-likeness (QED) is 0.305. The molecule has 2 fully saturated rings. The van der Waals surface area contributed by atoms with Gasteiger partial charge in [-0.2, -0.15) is 9.61 Å². The molecule has 1 aromatic carbocycles. The molecule has 15 heteroatoms. The third-order valence-electron chi connectivity index (χ3n) is 8.30. The van der Waals surface area contributed by atoms with Gasteiger partial charge in [-0.3, -0.25) is 9.78 Å². The molecule has 4 aromatic heterocycles. The fraction of sp³-hybridized carbons (Fsp3) is 0.286. The van der Waals surface area contributed by atoms with Gasteiger partial charge in [0.2, 0.25) is 5.82 Å². The summed E-state index contributed by atoms with van der Waals surface area (Å²) in [4.78, 5) is 27.0. The summed E-state index contributed by atoms with van der Waals surface area (Å²) in [6.07, 6.45) is 8.12. The minimum atomic E-state index is -3.80. The zero-order valence-corrected chi connectivity index (χ0v) is 23.6. The lowest BCUT2D eigenvalue weighted by Gasteiger charge is -2.38. The molecule has 6 heterocycles. The zero-order valence-electron chi connectivity index (χ0n) is 22.8. The first-order chi connectivity index (χ1) is 20.6. The van der Waals surface area contributed by atoms with Crippen LogP contribution >= 0.6 is 0 Å². The van der Waals surface area contributed by atoms with E-state index in [-0.39, 0.29) is 40.4 Å². The topological polar surface area (TPSA) is 165 Å². The van der Waals surface area contributed by atoms with E-state index in [0.717, 1.165) is 31.2 Å². The highest BCUT2D eigenvalue weighted by Crippen LogP contribution is 2.45. The second kappa shape index (κ2) is 9.90. The molecular weight excluding hydrogens is 580 g/mol. The molecule has 2 aliphatic rings. The van der Waals surface area contributed by atoms with Crippen molar-refractivity contribution in [3.8, 4) is 22.4 Å². The molecule has 1 unspecified atom stereocenters. The minimum absolute atomic E-state index is 0.0485. The van der Waals surface area contributed by atoms with Gasteiger partial charge in [0, 0.05) is 47.1 Å². The molecule has 0 saturated carbocycles. The van der Waals surface area contributed by atoms with Crippen LogP contribution in [0.3, 0.4) is 0 Å². The number of halogens is 2. The number of aromatic amines is 1. The van der Waals surface area contributed by atoms with Crippen molar-refractivity contribution in [3.05, 3.63) is 72.2 Å². The number of H-pyrrole nitrogens is 1. The summed E-state index contributed by atoms with van der Waals surface area (Å²) in [5.74, 6) is -2.30. The van der Waals surface area contributed by atoms with Gasteiger partial charge in [0.1, 0.15) is 17.0 Å². The average molecular weight is 606 g/mol. The number of carbonyl (C=O) groups excluding carboxylic acids is 1. The minimum Gasteiger partial charge on any atom is -0.382 e. The van der Waals surface area contributed by atoms with Crippen LogP contribution in [0, 0.1) is 11.6 Å². The summed E-state index contributed by atoms with van der Waals surface area (Å²) in [6.45, 7) is 0. The Labute approximate surface area is 243 Å². The van der Waals surface area contributed by atoms with Crippen LogP contribution in [0.5, 0.6) is 0 Å². The predicted molar refractivity (Wildman–Crippen MR) is 150 cm³/mol. The van der Waals surface area contributed by atoms with Crippen LogP contribution in [0.1, 0.15) is 47.9 Å². The van der Waals surface area contributed by atoms with Crippen molar-refractivity contribution in [2.24, 2.45) is 0 Å². The summed E-state index contributed by atoms with van der Waals surface area (Å²) >= 11 is 0. The van der Waals surface area contributed by atoms with Gasteiger partial charge in [-0.05, 0) is 49.9 Å². The molecule has 220 valence electrons. The number of pyridine rings is 1. The van der Waals surface area contributed by atoms with E-state index >= 15 is 0 Å². The van der Waals surface area contributed by atoms with Gasteiger partial charge in [-0.15, -0.1) is 10.2 Å². The Morgan fingerprint density at radius 3 is 2.42 bits per heavy atom. The highest BCUT2D eigenvalue weighted by atomic mass is 32.2. The van der Waals surface area contributed by atoms with Crippen molar-refractivity contribution in [1.82, 2.24) is 39.7 Å². The maximum atomic E-state index is 13.8. The van der Waals surface area contributed by atoms with Gasteiger partial charge in [0.05, 0.1) is 17.6 Å². The second-order valence-electron chi connectivity index (χ2n) is 10.9. The maximum Gasteiger partial charge on any atom is 0.292 e. The van der Waals surface area contributed by atoms with Crippen molar-refractivity contribution in [2.75, 3.05) is 12.0 Å². The SMILES string of the molecule is CS(=O)(=O)c1c(C2C[C@H]3CC[C@@H](C2)N3C(=O)c2nnc[nH]2)nc2c(-c3ccc(-c4ccc(F)c(F)c4)nc3)cnn2c1N. The van der Waals surface area contributed by atoms with Gasteiger partial charge in [-0.25, -0.2) is 22.2 Å². The molecule has 2 bridgehead atoms. The predicted octanol–water partition coefficient (Wildman–Crippen LogP) is 3.39. The lowest BCUT2D eigenvalue weighted by molar-refractivity contribution is 0.0556. The monoisotopic (exact) mass is 605 g/mol. The smallest absolute Gasteiger partial charge is 0.292 e. The van der Waals surface area contributed by atoms with Crippen LogP contribution in [0.2, 0.25) is 0 Å². The second-order valence-corrected chi connectivity index (χ2v) is 12.9. The van der Waals surface area contributed by atoms with Gasteiger partial charge in [0.25, 0.3) is 5.91 Å². The van der Waals surface area contributed by atoms with Crippen LogP contribution in [-0.2, 0) is 9.84 Å². The number of nitrogens with zero attached hydrogens (tertiary/aromatic N) is 7. The number of hydrogen-bond donors (Lipinski definition) is 2. The molecule has 7 rings (SSSR count). The van der Waals surface area contributed by atoms with Crippen molar-refractivity contribution >= 4 is 27.2 Å². The van der Waals surface area contributed by atoms with Crippen molar-refractivity contribution in [3.63, 3.8) is 0 Å². The fourth-order valence-corrected chi connectivity index (χ4v) is 7.48. The van der Waals surface area contributed by atoms with Crippen LogP contribution < -0.4 is 5.73 Å². The molecule has 1 amide bonds. The van der Waals surface area contributed by atoms with Gasteiger partial charge in [0.15, 0.2) is 27.1 Å². The number of amides is 1. The van der Waals surface area contributed by atoms with Crippen molar-refractivity contribution in [2.45, 2.75) is 48.6 Å². The van der Waals surface area contributed by atoms with Crippen LogP contribution in [0.25, 0.3) is 28.0 Å². The molecule has 3 atom stereocenters. The number of rotatable bonds is 5. The zero-order chi connectivity index (χ0) is 30.0. The summed E-state index contributed by atoms with van der Waals surface area (Å²) in [7, 11) is -3.80. The molecule has 12 nitrogen and oxygen atoms in total. The Kier molecular flexibility index (Phi) is 6.23. The van der Waals surface area contributed by atoms with E-state index in [4.69, 9.17) is 10.7 Å². The molecule has 2 saturated heterocycles. The maximum absolute atomic E-state index is 13.8. The van der Waals surface area contributed by atoms with Crippen molar-refractivity contribution in [1.29, 1.82) is 0 Å². The third-order valence-corrected chi connectivity index (χ3v) is 9.46. The molecule has 43 heavy (non-hydrogen) atoms. The third kappa shape index (κ3) is 4.50. The molecule has 2 aliphatic heterocycles. The Morgan fingerprint density at radius 1 is 1.05 bits per heavy atom. The van der Waals surface area contributed by atoms with Crippen molar-refractivity contribution < 1.29 is 22.0 Å². The largest absolute Gasteiger partial charge is 0.382 e. The molecule has 0 spiro atoms. The number of fused-ring (bicyclic) bond motifs is 3. The number of sulfone groups is 1. The summed E-state index contributed by atoms with van der Waals surface area (Å²) in [5, 5.41) is 11.9. The Bertz CT molecular complexity index is 1980. The standard InChI is InChI=1S/C28H25F2N9O3S/c1-43(41,42)24-23(16-8-17-4-5-18(9-16)38(17)28(40)26-33-13-34-37-26)36-27-19(12-35-39(27)25(24)31)15-3-7-22(32-11-15)14-2-6-20(29)21(30)10-14/h2-3,6-7,10-13,16-18H,4-5,8-9,31H2,1H3,(H,33,34,37)/t16?,17-,18+. The molecule has 3 N–H and O–H groups in total. The summed E-state index contributed by atoms with van der Waals surface area (Å²) in [6, 6.07) is 6.73. The Balaban J connectivity index is 1.27. The lowest BCUT2D eigenvalue weighted by atomic mass is 9.87. The van der Waals surface area contributed by atoms with E-state index in [0.29, 0.717) is 46.6 Å². The molecule has 5 aromatic rings. The molecule has 0 radical (unpaired) electrons. The molecular formula is C28H25F2N9O3S. The number of benzene rings is 1. The van der Waals surface area contributed by atoms with E-state index in [1.807, 2.05) is 4.90 Å². The molecule has 0 aliphatic carbocycles. The number of nitrogen functional groups attached to an aromatic ring is 1. The first-order valence-corrected chi connectivity index (χ1v) is 15.5. The van der Waals surface area contributed by atoms with Gasteiger partial charge < -0.3 is 15.6 Å². The fourth-order valence-electron chi connectivity index (χ4n) is 6.42.